The molecule has 0 radical (unpaired) electrons. The third kappa shape index (κ3) is 1.58. The van der Waals surface area contributed by atoms with E-state index in [0.29, 0.717) is 18.8 Å². The van der Waals surface area contributed by atoms with E-state index in [2.05, 4.69) is 11.2 Å². The van der Waals surface area contributed by atoms with E-state index in [1.165, 1.54) is 4.88 Å². The van der Waals surface area contributed by atoms with Crippen LogP contribution >= 0.6 is 11.3 Å². The molecule has 0 unspecified atom stereocenters. The minimum Gasteiger partial charge on any atom is -0.364 e. The lowest BCUT2D eigenvalue weighted by Crippen LogP contribution is -2.20. The molecule has 5 heteroatoms. The highest BCUT2D eigenvalue weighted by Gasteiger charge is 2.22. The molecule has 3 heterocycles. The van der Waals surface area contributed by atoms with Crippen LogP contribution < -0.4 is 0 Å². The van der Waals surface area contributed by atoms with Crippen LogP contribution in [0.25, 0.3) is 0 Å². The first kappa shape index (κ1) is 9.74. The molecule has 0 N–H and O–H groups in total. The molecule has 2 aromatic rings. The topological polar surface area (TPSA) is 44.1 Å². The van der Waals surface area contributed by atoms with E-state index in [1.807, 2.05) is 16.1 Å². The standard InChI is InChI=1S/C11H10N2O2S/c14-6-8-4-9-7-15-10(5-13(9)12-8)11-2-1-3-16-11/h1-4,6,10H,5,7H2/t10-/m1/s1. The molecule has 1 aliphatic rings. The highest BCUT2D eigenvalue weighted by atomic mass is 32.1. The van der Waals surface area contributed by atoms with Gasteiger partial charge in [0.1, 0.15) is 11.8 Å². The SMILES string of the molecule is O=Cc1cc2n(n1)C[C@H](c1cccs1)OC2. The van der Waals surface area contributed by atoms with Crippen LogP contribution in [0.15, 0.2) is 23.6 Å². The van der Waals surface area contributed by atoms with Crippen LogP contribution in [0.3, 0.4) is 0 Å². The van der Waals surface area contributed by atoms with Crippen molar-refractivity contribution < 1.29 is 9.53 Å². The van der Waals surface area contributed by atoms with Gasteiger partial charge in [-0.2, -0.15) is 5.10 Å². The van der Waals surface area contributed by atoms with Crippen molar-refractivity contribution in [3.05, 3.63) is 39.8 Å². The monoisotopic (exact) mass is 234 g/mol. The minimum absolute atomic E-state index is 0.0619. The van der Waals surface area contributed by atoms with Crippen LogP contribution in [0.4, 0.5) is 0 Å². The highest BCUT2D eigenvalue weighted by Crippen LogP contribution is 2.29. The zero-order valence-electron chi connectivity index (χ0n) is 8.50. The maximum Gasteiger partial charge on any atom is 0.170 e. The molecule has 0 saturated carbocycles. The van der Waals surface area contributed by atoms with E-state index in [1.54, 1.807) is 17.4 Å². The number of hydrogen-bond acceptors (Lipinski definition) is 4. The third-order valence-corrected chi connectivity index (χ3v) is 3.60. The van der Waals surface area contributed by atoms with Gasteiger partial charge in [0.25, 0.3) is 0 Å². The summed E-state index contributed by atoms with van der Waals surface area (Å²) < 4.78 is 7.60. The van der Waals surface area contributed by atoms with Crippen molar-refractivity contribution in [2.75, 3.05) is 0 Å². The number of rotatable bonds is 2. The molecule has 0 amide bonds. The lowest BCUT2D eigenvalue weighted by Gasteiger charge is -2.23. The number of fused-ring (bicyclic) bond motifs is 1. The largest absolute Gasteiger partial charge is 0.364 e. The van der Waals surface area contributed by atoms with Crippen molar-refractivity contribution >= 4 is 17.6 Å². The van der Waals surface area contributed by atoms with Gasteiger partial charge in [-0.3, -0.25) is 9.48 Å². The van der Waals surface area contributed by atoms with E-state index in [0.717, 1.165) is 12.0 Å². The second-order valence-electron chi connectivity index (χ2n) is 3.68. The molecule has 2 aromatic heterocycles. The van der Waals surface area contributed by atoms with E-state index >= 15 is 0 Å². The number of carbonyl (C=O) groups excluding carboxylic acids is 1. The summed E-state index contributed by atoms with van der Waals surface area (Å²) in [6, 6.07) is 5.85. The Morgan fingerprint density at radius 1 is 1.62 bits per heavy atom. The Morgan fingerprint density at radius 3 is 3.31 bits per heavy atom. The van der Waals surface area contributed by atoms with E-state index in [-0.39, 0.29) is 6.10 Å². The second kappa shape index (κ2) is 3.84. The smallest absolute Gasteiger partial charge is 0.170 e. The number of ether oxygens (including phenoxy) is 1. The third-order valence-electron chi connectivity index (χ3n) is 2.63. The van der Waals surface area contributed by atoms with Crippen molar-refractivity contribution in [3.8, 4) is 0 Å². The molecule has 16 heavy (non-hydrogen) atoms. The molecule has 4 nitrogen and oxygen atoms in total. The molecule has 82 valence electrons. The maximum absolute atomic E-state index is 10.6. The van der Waals surface area contributed by atoms with Gasteiger partial charge in [-0.05, 0) is 17.5 Å². The molecule has 1 atom stereocenters. The lowest BCUT2D eigenvalue weighted by atomic mass is 10.2. The van der Waals surface area contributed by atoms with Gasteiger partial charge in [-0.25, -0.2) is 0 Å². The molecule has 0 spiro atoms. The Bertz CT molecular complexity index is 504. The molecule has 0 fully saturated rings. The maximum atomic E-state index is 10.6. The highest BCUT2D eigenvalue weighted by molar-refractivity contribution is 7.10. The predicted octanol–water partition coefficient (Wildman–Crippen LogP) is 2.03. The van der Waals surface area contributed by atoms with Crippen LogP contribution in [-0.4, -0.2) is 16.1 Å². The Morgan fingerprint density at radius 2 is 2.56 bits per heavy atom. The fraction of sp³-hybridized carbons (Fsp3) is 0.273. The summed E-state index contributed by atoms with van der Waals surface area (Å²) in [6.07, 6.45) is 0.831. The minimum atomic E-state index is 0.0619. The molecule has 0 bridgehead atoms. The van der Waals surface area contributed by atoms with E-state index in [4.69, 9.17) is 4.74 Å². The number of nitrogens with zero attached hydrogens (tertiary/aromatic N) is 2. The van der Waals surface area contributed by atoms with Gasteiger partial charge in [-0.1, -0.05) is 6.07 Å². The van der Waals surface area contributed by atoms with Crippen LogP contribution in [0.2, 0.25) is 0 Å². The zero-order chi connectivity index (χ0) is 11.0. The van der Waals surface area contributed by atoms with E-state index < -0.39 is 0 Å². The summed E-state index contributed by atoms with van der Waals surface area (Å²) in [7, 11) is 0. The fourth-order valence-electron chi connectivity index (χ4n) is 1.85. The van der Waals surface area contributed by atoms with Crippen LogP contribution in [0.5, 0.6) is 0 Å². The average Bonchev–Trinajstić information content (AvgIpc) is 2.96. The van der Waals surface area contributed by atoms with Crippen LogP contribution in [-0.2, 0) is 17.9 Å². The summed E-state index contributed by atoms with van der Waals surface area (Å²) in [5.41, 5.74) is 1.44. The van der Waals surface area contributed by atoms with Gasteiger partial charge in [0, 0.05) is 4.88 Å². The summed E-state index contributed by atoms with van der Waals surface area (Å²) in [4.78, 5) is 11.8. The number of aldehydes is 1. The Kier molecular flexibility index (Phi) is 2.34. The normalized spacial score (nSPS) is 19.4. The molecule has 0 saturated heterocycles. The van der Waals surface area contributed by atoms with E-state index in [9.17, 15) is 4.79 Å². The summed E-state index contributed by atoms with van der Waals surface area (Å²) in [5, 5.41) is 6.24. The number of aromatic nitrogens is 2. The van der Waals surface area contributed by atoms with Gasteiger partial charge < -0.3 is 4.74 Å². The van der Waals surface area contributed by atoms with Crippen molar-refractivity contribution in [1.82, 2.24) is 9.78 Å². The van der Waals surface area contributed by atoms with Crippen LogP contribution in [0.1, 0.15) is 27.2 Å². The molecule has 1 aliphatic heterocycles. The predicted molar refractivity (Wildman–Crippen MR) is 59.5 cm³/mol. The molecular weight excluding hydrogens is 224 g/mol. The molecule has 3 rings (SSSR count). The summed E-state index contributed by atoms with van der Waals surface area (Å²) >= 11 is 1.68. The summed E-state index contributed by atoms with van der Waals surface area (Å²) in [6.45, 7) is 1.20. The Labute approximate surface area is 96.5 Å². The summed E-state index contributed by atoms with van der Waals surface area (Å²) in [5.74, 6) is 0. The first-order valence-electron chi connectivity index (χ1n) is 5.04. The van der Waals surface area contributed by atoms with Gasteiger partial charge in [-0.15, -0.1) is 11.3 Å². The first-order chi connectivity index (χ1) is 7.86. The number of thiophene rings is 1. The van der Waals surface area contributed by atoms with Gasteiger partial charge in [0.15, 0.2) is 6.29 Å². The van der Waals surface area contributed by atoms with Crippen molar-refractivity contribution in [1.29, 1.82) is 0 Å². The van der Waals surface area contributed by atoms with Gasteiger partial charge >= 0.3 is 0 Å². The fourth-order valence-corrected chi connectivity index (χ4v) is 2.62. The molecule has 0 aliphatic carbocycles. The second-order valence-corrected chi connectivity index (χ2v) is 4.65. The zero-order valence-corrected chi connectivity index (χ0v) is 9.31. The Balaban J connectivity index is 1.88. The average molecular weight is 234 g/mol. The molecule has 0 aromatic carbocycles. The Hall–Kier alpha value is -1.46. The van der Waals surface area contributed by atoms with Gasteiger partial charge in [0.05, 0.1) is 18.8 Å². The molecular formula is C11H10N2O2S. The van der Waals surface area contributed by atoms with Crippen molar-refractivity contribution in [2.45, 2.75) is 19.3 Å². The first-order valence-corrected chi connectivity index (χ1v) is 5.91. The number of carbonyl (C=O) groups is 1. The van der Waals surface area contributed by atoms with Crippen molar-refractivity contribution in [3.63, 3.8) is 0 Å². The lowest BCUT2D eigenvalue weighted by molar-refractivity contribution is 0.00101. The number of hydrogen-bond donors (Lipinski definition) is 0. The van der Waals surface area contributed by atoms with Crippen LogP contribution in [0, 0.1) is 0 Å². The quantitative estimate of drug-likeness (QED) is 0.747. The van der Waals surface area contributed by atoms with Crippen molar-refractivity contribution in [2.24, 2.45) is 0 Å². The van der Waals surface area contributed by atoms with Gasteiger partial charge in [0.2, 0.25) is 0 Å².